The third-order valence-electron chi connectivity index (χ3n) is 4.68. The summed E-state index contributed by atoms with van der Waals surface area (Å²) in [6.45, 7) is 2.80. The number of morpholine rings is 1. The van der Waals surface area contributed by atoms with E-state index in [-0.39, 0.29) is 17.7 Å². The van der Waals surface area contributed by atoms with Crippen LogP contribution >= 0.6 is 0 Å². The molecule has 1 unspecified atom stereocenters. The monoisotopic (exact) mass is 322 g/mol. The van der Waals surface area contributed by atoms with Gasteiger partial charge in [-0.1, -0.05) is 6.42 Å². The van der Waals surface area contributed by atoms with E-state index < -0.39 is 5.82 Å². The lowest BCUT2D eigenvalue weighted by Gasteiger charge is -2.39. The van der Waals surface area contributed by atoms with Crippen LogP contribution in [-0.2, 0) is 9.53 Å². The molecule has 2 aliphatic rings. The van der Waals surface area contributed by atoms with Gasteiger partial charge in [-0.15, -0.1) is 0 Å². The minimum Gasteiger partial charge on any atom is -0.494 e. The van der Waals surface area contributed by atoms with Crippen LogP contribution in [0.15, 0.2) is 18.2 Å². The Bertz CT molecular complexity index is 563. The van der Waals surface area contributed by atoms with Gasteiger partial charge < -0.3 is 14.8 Å². The summed E-state index contributed by atoms with van der Waals surface area (Å²) >= 11 is 0. The van der Waals surface area contributed by atoms with Crippen molar-refractivity contribution in [2.24, 2.45) is 5.92 Å². The van der Waals surface area contributed by atoms with Crippen LogP contribution in [0.2, 0.25) is 0 Å². The largest absolute Gasteiger partial charge is 0.494 e. The molecule has 1 atom stereocenters. The maximum Gasteiger partial charge on any atom is 0.244 e. The molecule has 6 heteroatoms. The molecule has 2 fully saturated rings. The first-order chi connectivity index (χ1) is 11.2. The molecule has 1 heterocycles. The second-order valence-corrected chi connectivity index (χ2v) is 6.22. The highest BCUT2D eigenvalue weighted by Crippen LogP contribution is 2.28. The first kappa shape index (κ1) is 16.2. The molecule has 0 radical (unpaired) electrons. The Morgan fingerprint density at radius 2 is 2.30 bits per heavy atom. The number of methoxy groups -OCH3 is 1. The molecule has 0 bridgehead atoms. The number of carbonyl (C=O) groups excluding carboxylic acids is 1. The lowest BCUT2D eigenvalue weighted by molar-refractivity contribution is -0.128. The highest BCUT2D eigenvalue weighted by atomic mass is 19.1. The summed E-state index contributed by atoms with van der Waals surface area (Å²) in [6.07, 6.45) is 3.79. The van der Waals surface area contributed by atoms with Gasteiger partial charge in [0.1, 0.15) is 6.04 Å². The fourth-order valence-corrected chi connectivity index (χ4v) is 3.07. The SMILES string of the molecule is COc1cc(NC(=O)C2COCCN2CC2CCC2)ccc1F. The molecule has 1 aliphatic heterocycles. The zero-order valence-corrected chi connectivity index (χ0v) is 13.4. The Kier molecular flexibility index (Phi) is 5.13. The van der Waals surface area contributed by atoms with Gasteiger partial charge in [0.05, 0.1) is 20.3 Å². The molecular weight excluding hydrogens is 299 g/mol. The summed E-state index contributed by atoms with van der Waals surface area (Å²) < 4.78 is 23.9. The predicted molar refractivity (Wildman–Crippen MR) is 85.1 cm³/mol. The van der Waals surface area contributed by atoms with Gasteiger partial charge in [0.15, 0.2) is 11.6 Å². The van der Waals surface area contributed by atoms with Gasteiger partial charge in [0, 0.05) is 24.8 Å². The Morgan fingerprint density at radius 3 is 3.00 bits per heavy atom. The third-order valence-corrected chi connectivity index (χ3v) is 4.68. The second kappa shape index (κ2) is 7.27. The Balaban J connectivity index is 1.65. The second-order valence-electron chi connectivity index (χ2n) is 6.22. The van der Waals surface area contributed by atoms with Crippen molar-refractivity contribution in [1.82, 2.24) is 4.90 Å². The number of anilines is 1. The zero-order valence-electron chi connectivity index (χ0n) is 13.4. The Labute approximate surface area is 135 Å². The standard InChI is InChI=1S/C17H23FN2O3/c1-22-16-9-13(5-6-14(16)18)19-17(21)15-11-23-8-7-20(15)10-12-3-2-4-12/h5-6,9,12,15H,2-4,7-8,10-11H2,1H3,(H,19,21). The molecule has 23 heavy (non-hydrogen) atoms. The van der Waals surface area contributed by atoms with Crippen LogP contribution in [0.4, 0.5) is 10.1 Å². The molecule has 3 rings (SSSR count). The molecule has 0 aromatic heterocycles. The molecular formula is C17H23FN2O3. The van der Waals surface area contributed by atoms with Gasteiger partial charge in [0.2, 0.25) is 5.91 Å². The minimum atomic E-state index is -0.446. The third kappa shape index (κ3) is 3.82. The molecule has 1 saturated carbocycles. The smallest absolute Gasteiger partial charge is 0.244 e. The number of hydrogen-bond donors (Lipinski definition) is 1. The van der Waals surface area contributed by atoms with E-state index in [9.17, 15) is 9.18 Å². The molecule has 1 aliphatic carbocycles. The maximum atomic E-state index is 13.4. The Morgan fingerprint density at radius 1 is 1.48 bits per heavy atom. The fourth-order valence-electron chi connectivity index (χ4n) is 3.07. The summed E-state index contributed by atoms with van der Waals surface area (Å²) in [5, 5.41) is 2.85. The minimum absolute atomic E-state index is 0.113. The highest BCUT2D eigenvalue weighted by molar-refractivity contribution is 5.95. The molecule has 1 saturated heterocycles. The van der Waals surface area contributed by atoms with Crippen molar-refractivity contribution in [3.63, 3.8) is 0 Å². The topological polar surface area (TPSA) is 50.8 Å². The van der Waals surface area contributed by atoms with Crippen molar-refractivity contribution < 1.29 is 18.7 Å². The van der Waals surface area contributed by atoms with Crippen LogP contribution in [0.3, 0.4) is 0 Å². The first-order valence-corrected chi connectivity index (χ1v) is 8.13. The summed E-state index contributed by atoms with van der Waals surface area (Å²) in [6, 6.07) is 4.03. The van der Waals surface area contributed by atoms with Gasteiger partial charge in [0.25, 0.3) is 0 Å². The van der Waals surface area contributed by atoms with Crippen LogP contribution < -0.4 is 10.1 Å². The van der Waals surface area contributed by atoms with Crippen LogP contribution in [0.5, 0.6) is 5.75 Å². The van der Waals surface area contributed by atoms with Crippen molar-refractivity contribution >= 4 is 11.6 Å². The van der Waals surface area contributed by atoms with Crippen LogP contribution in [-0.4, -0.2) is 50.3 Å². The number of carbonyl (C=O) groups is 1. The van der Waals surface area contributed by atoms with E-state index in [1.807, 2.05) is 0 Å². The van der Waals surface area contributed by atoms with Crippen molar-refractivity contribution in [1.29, 1.82) is 0 Å². The lowest BCUT2D eigenvalue weighted by atomic mass is 9.84. The van der Waals surface area contributed by atoms with Gasteiger partial charge in [-0.3, -0.25) is 9.69 Å². The average molecular weight is 322 g/mol. The van der Waals surface area contributed by atoms with Gasteiger partial charge >= 0.3 is 0 Å². The molecule has 1 aromatic rings. The number of hydrogen-bond acceptors (Lipinski definition) is 4. The first-order valence-electron chi connectivity index (χ1n) is 8.13. The summed E-state index contributed by atoms with van der Waals surface area (Å²) in [4.78, 5) is 14.8. The number of amides is 1. The van der Waals surface area contributed by atoms with Crippen LogP contribution in [0, 0.1) is 11.7 Å². The molecule has 5 nitrogen and oxygen atoms in total. The predicted octanol–water partition coefficient (Wildman–Crippen LogP) is 2.27. The van der Waals surface area contributed by atoms with E-state index in [0.29, 0.717) is 24.8 Å². The van der Waals surface area contributed by atoms with E-state index in [0.717, 1.165) is 13.1 Å². The molecule has 0 spiro atoms. The van der Waals surface area contributed by atoms with Crippen molar-refractivity contribution in [2.75, 3.05) is 38.7 Å². The van der Waals surface area contributed by atoms with E-state index in [1.54, 1.807) is 0 Å². The number of ether oxygens (including phenoxy) is 2. The molecule has 1 N–H and O–H groups in total. The number of rotatable bonds is 5. The van der Waals surface area contributed by atoms with E-state index >= 15 is 0 Å². The van der Waals surface area contributed by atoms with Gasteiger partial charge in [-0.2, -0.15) is 0 Å². The van der Waals surface area contributed by atoms with Gasteiger partial charge in [-0.25, -0.2) is 4.39 Å². The van der Waals surface area contributed by atoms with Crippen LogP contribution in [0.1, 0.15) is 19.3 Å². The molecule has 1 amide bonds. The summed E-state index contributed by atoms with van der Waals surface area (Å²) in [7, 11) is 1.40. The van der Waals surface area contributed by atoms with Crippen LogP contribution in [0.25, 0.3) is 0 Å². The summed E-state index contributed by atoms with van der Waals surface area (Å²) in [5.41, 5.74) is 0.530. The van der Waals surface area contributed by atoms with Crippen molar-refractivity contribution in [2.45, 2.75) is 25.3 Å². The van der Waals surface area contributed by atoms with E-state index in [2.05, 4.69) is 10.2 Å². The fraction of sp³-hybridized carbons (Fsp3) is 0.588. The number of nitrogens with zero attached hydrogens (tertiary/aromatic N) is 1. The number of nitrogens with one attached hydrogen (secondary N) is 1. The number of benzene rings is 1. The average Bonchev–Trinajstić information content (AvgIpc) is 2.53. The van der Waals surface area contributed by atoms with Gasteiger partial charge in [-0.05, 0) is 30.9 Å². The maximum absolute atomic E-state index is 13.4. The molecule has 126 valence electrons. The molecule has 1 aromatic carbocycles. The normalized spacial score (nSPS) is 22.4. The van der Waals surface area contributed by atoms with E-state index in [4.69, 9.17) is 9.47 Å². The quantitative estimate of drug-likeness (QED) is 0.903. The Hall–Kier alpha value is -1.66. The highest BCUT2D eigenvalue weighted by Gasteiger charge is 2.32. The zero-order chi connectivity index (χ0) is 16.2. The van der Waals surface area contributed by atoms with E-state index in [1.165, 1.54) is 44.6 Å². The van der Waals surface area contributed by atoms with Crippen molar-refractivity contribution in [3.8, 4) is 5.75 Å². The van der Waals surface area contributed by atoms with Crippen molar-refractivity contribution in [3.05, 3.63) is 24.0 Å². The summed E-state index contributed by atoms with van der Waals surface area (Å²) in [5.74, 6) is 0.263. The lowest BCUT2D eigenvalue weighted by Crippen LogP contribution is -2.53. The number of halogens is 1.